The fourth-order valence-electron chi connectivity index (χ4n) is 4.22. The predicted octanol–water partition coefficient (Wildman–Crippen LogP) is 2.45. The Kier molecular flexibility index (Phi) is 2.87. The highest BCUT2D eigenvalue weighted by atomic mass is 16.5. The van der Waals surface area contributed by atoms with E-state index in [9.17, 15) is 5.11 Å². The summed E-state index contributed by atoms with van der Waals surface area (Å²) in [6.07, 6.45) is 2.01. The molecule has 1 unspecified atom stereocenters. The Labute approximate surface area is 131 Å². The molecule has 2 aliphatic heterocycles. The molecule has 0 spiro atoms. The van der Waals surface area contributed by atoms with E-state index >= 15 is 0 Å². The number of hydrogen-bond acceptors (Lipinski definition) is 2. The molecule has 0 saturated heterocycles. The molecule has 2 atom stereocenters. The number of likely N-dealkylation sites (N-methyl/N-ethyl adjacent to an activating group) is 1. The molecule has 0 fully saturated rings. The molecule has 3 heteroatoms. The molecule has 0 amide bonds. The van der Waals surface area contributed by atoms with Crippen molar-refractivity contribution in [2.75, 3.05) is 27.2 Å². The second-order valence-electron chi connectivity index (χ2n) is 6.70. The fraction of sp³-hybridized carbons (Fsp3) is 0.368. The van der Waals surface area contributed by atoms with Crippen LogP contribution in [0.4, 0.5) is 0 Å². The first-order valence-corrected chi connectivity index (χ1v) is 7.91. The van der Waals surface area contributed by atoms with Gasteiger partial charge in [0.2, 0.25) is 0 Å². The standard InChI is InChI=1S/C19H22NO2/c1-20-11-9-14-5-3-4-6-17(14)19(20,21)18-8-7-16(22-2)13-15(18)10-12-20/h3-8,13,21H,9-12H2,1-2H3/q+1/t19-,20?/m0/s1. The zero-order valence-corrected chi connectivity index (χ0v) is 13.2. The Morgan fingerprint density at radius 3 is 2.45 bits per heavy atom. The van der Waals surface area contributed by atoms with Crippen LogP contribution < -0.4 is 4.74 Å². The Hall–Kier alpha value is -1.84. The van der Waals surface area contributed by atoms with Gasteiger partial charge in [-0.2, -0.15) is 0 Å². The predicted molar refractivity (Wildman–Crippen MR) is 85.8 cm³/mol. The number of rotatable bonds is 1. The van der Waals surface area contributed by atoms with E-state index in [2.05, 4.69) is 31.3 Å². The third-order valence-corrected chi connectivity index (χ3v) is 5.61. The van der Waals surface area contributed by atoms with Gasteiger partial charge in [-0.15, -0.1) is 0 Å². The molecule has 22 heavy (non-hydrogen) atoms. The molecule has 4 rings (SSSR count). The lowest BCUT2D eigenvalue weighted by atomic mass is 9.77. The second-order valence-corrected chi connectivity index (χ2v) is 6.70. The van der Waals surface area contributed by atoms with Gasteiger partial charge in [0.1, 0.15) is 5.75 Å². The average molecular weight is 296 g/mol. The molecule has 0 radical (unpaired) electrons. The van der Waals surface area contributed by atoms with Crippen molar-refractivity contribution in [3.63, 3.8) is 0 Å². The largest absolute Gasteiger partial charge is 0.497 e. The van der Waals surface area contributed by atoms with Crippen LogP contribution in [0, 0.1) is 0 Å². The van der Waals surface area contributed by atoms with Gasteiger partial charge in [-0.3, -0.25) is 4.48 Å². The third-order valence-electron chi connectivity index (χ3n) is 5.61. The lowest BCUT2D eigenvalue weighted by Gasteiger charge is -2.54. The Morgan fingerprint density at radius 1 is 1.00 bits per heavy atom. The maximum absolute atomic E-state index is 11.8. The van der Waals surface area contributed by atoms with Crippen molar-refractivity contribution in [2.24, 2.45) is 0 Å². The van der Waals surface area contributed by atoms with E-state index < -0.39 is 5.72 Å². The minimum atomic E-state index is -0.950. The summed E-state index contributed by atoms with van der Waals surface area (Å²) in [5.41, 5.74) is 3.62. The topological polar surface area (TPSA) is 29.5 Å². The summed E-state index contributed by atoms with van der Waals surface area (Å²) >= 11 is 0. The van der Waals surface area contributed by atoms with Gasteiger partial charge in [0, 0.05) is 18.4 Å². The monoisotopic (exact) mass is 296 g/mol. The Bertz CT molecular complexity index is 742. The summed E-state index contributed by atoms with van der Waals surface area (Å²) in [5.74, 6) is 0.863. The zero-order chi connectivity index (χ0) is 15.4. The van der Waals surface area contributed by atoms with Crippen LogP contribution in [0.5, 0.6) is 5.75 Å². The number of fused-ring (bicyclic) bond motifs is 5. The van der Waals surface area contributed by atoms with Gasteiger partial charge in [-0.05, 0) is 35.4 Å². The van der Waals surface area contributed by atoms with Gasteiger partial charge in [0.05, 0.1) is 32.8 Å². The summed E-state index contributed by atoms with van der Waals surface area (Å²) in [7, 11) is 3.87. The van der Waals surface area contributed by atoms with Crippen LogP contribution in [-0.4, -0.2) is 36.8 Å². The van der Waals surface area contributed by atoms with Gasteiger partial charge in [-0.25, -0.2) is 0 Å². The summed E-state index contributed by atoms with van der Waals surface area (Å²) in [4.78, 5) is 0. The van der Waals surface area contributed by atoms with Crippen molar-refractivity contribution in [3.05, 3.63) is 64.7 Å². The van der Waals surface area contributed by atoms with E-state index in [0.717, 1.165) is 42.8 Å². The highest BCUT2D eigenvalue weighted by molar-refractivity contribution is 5.47. The van der Waals surface area contributed by atoms with Gasteiger partial charge >= 0.3 is 0 Å². The van der Waals surface area contributed by atoms with Crippen molar-refractivity contribution in [1.82, 2.24) is 0 Å². The van der Waals surface area contributed by atoms with Crippen molar-refractivity contribution in [2.45, 2.75) is 18.6 Å². The Morgan fingerprint density at radius 2 is 1.68 bits per heavy atom. The molecular formula is C19H22NO2+. The molecule has 2 aliphatic rings. The van der Waals surface area contributed by atoms with E-state index in [-0.39, 0.29) is 0 Å². The van der Waals surface area contributed by atoms with Crippen LogP contribution in [0.2, 0.25) is 0 Å². The van der Waals surface area contributed by atoms with E-state index in [0.29, 0.717) is 4.48 Å². The molecule has 2 heterocycles. The van der Waals surface area contributed by atoms with Crippen LogP contribution >= 0.6 is 0 Å². The van der Waals surface area contributed by atoms with Crippen LogP contribution in [0.25, 0.3) is 0 Å². The second kappa shape index (κ2) is 4.58. The highest BCUT2D eigenvalue weighted by Crippen LogP contribution is 2.47. The fourth-order valence-corrected chi connectivity index (χ4v) is 4.22. The molecular weight excluding hydrogens is 274 g/mol. The van der Waals surface area contributed by atoms with E-state index in [1.807, 2.05) is 18.2 Å². The molecule has 0 saturated carbocycles. The number of hydrogen-bond donors (Lipinski definition) is 1. The van der Waals surface area contributed by atoms with Gasteiger partial charge in [0.15, 0.2) is 0 Å². The zero-order valence-electron chi connectivity index (χ0n) is 13.2. The maximum Gasteiger partial charge on any atom is 0.255 e. The molecule has 2 aromatic rings. The summed E-state index contributed by atoms with van der Waals surface area (Å²) in [5, 5.41) is 11.8. The minimum Gasteiger partial charge on any atom is -0.497 e. The summed E-state index contributed by atoms with van der Waals surface area (Å²) in [6.45, 7) is 1.92. The number of methoxy groups -OCH3 is 1. The van der Waals surface area contributed by atoms with Crippen LogP contribution in [0.15, 0.2) is 42.5 Å². The number of quaternary nitrogens is 1. The first-order valence-electron chi connectivity index (χ1n) is 7.91. The van der Waals surface area contributed by atoms with E-state index in [1.165, 1.54) is 11.1 Å². The highest BCUT2D eigenvalue weighted by Gasteiger charge is 2.56. The number of aliphatic hydroxyl groups is 1. The van der Waals surface area contributed by atoms with Crippen LogP contribution in [-0.2, 0) is 18.6 Å². The molecule has 2 aromatic carbocycles. The summed E-state index contributed by atoms with van der Waals surface area (Å²) < 4.78 is 6.03. The van der Waals surface area contributed by atoms with Crippen molar-refractivity contribution in [3.8, 4) is 5.75 Å². The normalized spacial score (nSPS) is 29.2. The van der Waals surface area contributed by atoms with Crippen LogP contribution in [0.1, 0.15) is 22.3 Å². The molecule has 3 nitrogen and oxygen atoms in total. The molecule has 0 aliphatic carbocycles. The van der Waals surface area contributed by atoms with E-state index in [1.54, 1.807) is 7.11 Å². The molecule has 0 bridgehead atoms. The number of ether oxygens (including phenoxy) is 1. The first-order chi connectivity index (χ1) is 10.6. The lowest BCUT2D eigenvalue weighted by Crippen LogP contribution is -2.66. The van der Waals surface area contributed by atoms with Gasteiger partial charge in [-0.1, -0.05) is 18.2 Å². The van der Waals surface area contributed by atoms with E-state index in [4.69, 9.17) is 4.74 Å². The summed E-state index contributed by atoms with van der Waals surface area (Å²) in [6, 6.07) is 14.4. The first kappa shape index (κ1) is 13.8. The maximum atomic E-state index is 11.8. The quantitative estimate of drug-likeness (QED) is 0.819. The average Bonchev–Trinajstić information content (AvgIpc) is 2.56. The SMILES string of the molecule is COc1ccc2c(c1)CC[N+]1(C)CCc3ccccc3[C@]21O. The Balaban J connectivity index is 1.99. The number of nitrogens with zero attached hydrogens (tertiary/aromatic N) is 1. The van der Waals surface area contributed by atoms with Gasteiger partial charge < -0.3 is 9.84 Å². The smallest absolute Gasteiger partial charge is 0.255 e. The third kappa shape index (κ3) is 1.64. The van der Waals surface area contributed by atoms with Crippen molar-refractivity contribution < 1.29 is 14.3 Å². The minimum absolute atomic E-state index is 0.670. The van der Waals surface area contributed by atoms with Crippen molar-refractivity contribution >= 4 is 0 Å². The van der Waals surface area contributed by atoms with Gasteiger partial charge in [0.25, 0.3) is 5.72 Å². The molecule has 114 valence electrons. The molecule has 1 N–H and O–H groups in total. The van der Waals surface area contributed by atoms with Crippen LogP contribution in [0.3, 0.4) is 0 Å². The van der Waals surface area contributed by atoms with Crippen molar-refractivity contribution in [1.29, 1.82) is 0 Å². The number of benzene rings is 2. The lowest BCUT2D eigenvalue weighted by molar-refractivity contribution is -0.989. The molecule has 0 aromatic heterocycles.